The minimum atomic E-state index is -1.49. The van der Waals surface area contributed by atoms with E-state index in [0.29, 0.717) is 24.9 Å². The standard InChI is InChI=1S/C24H37N7O8/c25-10-2-1-3-16(22(36)31-18(24(38)39)11-13-4-6-14(32)7-5-13)29-23(37)17(12-20(28)34)30-21(35)15(26)8-9-19(27)33/h4-7,15-18,32H,1-3,8-12,25-26H2,(H2,27,33)(H2,28,34)(H,29,37)(H,30,35)(H,31,36)(H,38,39). The number of amides is 5. The van der Waals surface area contributed by atoms with E-state index in [4.69, 9.17) is 22.9 Å². The Hall–Kier alpha value is -4.24. The fraction of sp³-hybridized carbons (Fsp3) is 0.500. The summed E-state index contributed by atoms with van der Waals surface area (Å²) in [6.45, 7) is 0.310. The summed E-state index contributed by atoms with van der Waals surface area (Å²) in [5, 5.41) is 26.2. The molecule has 0 aliphatic rings. The molecule has 0 aliphatic carbocycles. The van der Waals surface area contributed by atoms with Gasteiger partial charge in [0.2, 0.25) is 29.5 Å². The Bertz CT molecular complexity index is 1020. The molecule has 1 aromatic rings. The highest BCUT2D eigenvalue weighted by atomic mass is 16.4. The Balaban J connectivity index is 3.02. The van der Waals surface area contributed by atoms with E-state index >= 15 is 0 Å². The average molecular weight is 552 g/mol. The molecule has 0 aliphatic heterocycles. The maximum atomic E-state index is 13.1. The third-order valence-electron chi connectivity index (χ3n) is 5.65. The number of rotatable bonds is 18. The van der Waals surface area contributed by atoms with E-state index < -0.39 is 66.1 Å². The molecular formula is C24H37N7O8. The zero-order chi connectivity index (χ0) is 29.5. The number of carbonyl (C=O) groups excluding carboxylic acids is 5. The molecule has 0 saturated heterocycles. The molecule has 5 amide bonds. The largest absolute Gasteiger partial charge is 0.508 e. The molecule has 4 unspecified atom stereocenters. The number of aromatic hydroxyl groups is 1. The summed E-state index contributed by atoms with van der Waals surface area (Å²) < 4.78 is 0. The molecule has 0 saturated carbocycles. The molecule has 39 heavy (non-hydrogen) atoms. The van der Waals surface area contributed by atoms with Gasteiger partial charge in [0.15, 0.2) is 0 Å². The van der Waals surface area contributed by atoms with Gasteiger partial charge in [0.1, 0.15) is 23.9 Å². The lowest BCUT2D eigenvalue weighted by molar-refractivity contribution is -0.142. The fourth-order valence-electron chi connectivity index (χ4n) is 3.49. The minimum Gasteiger partial charge on any atom is -0.508 e. The number of phenolic OH excluding ortho intramolecular Hbond substituents is 1. The lowest BCUT2D eigenvalue weighted by atomic mass is 10.0. The number of hydrogen-bond acceptors (Lipinski definition) is 9. The summed E-state index contributed by atoms with van der Waals surface area (Å²) in [6.07, 6.45) is -0.0195. The quantitative estimate of drug-likeness (QED) is 0.0837. The van der Waals surface area contributed by atoms with Crippen LogP contribution in [-0.4, -0.2) is 76.4 Å². The molecule has 1 aromatic carbocycles. The number of hydrogen-bond donors (Lipinski definition) is 9. The van der Waals surface area contributed by atoms with Gasteiger partial charge in [0.05, 0.1) is 12.5 Å². The smallest absolute Gasteiger partial charge is 0.326 e. The molecule has 0 aromatic heterocycles. The number of nitrogens with one attached hydrogen (secondary N) is 3. The van der Waals surface area contributed by atoms with E-state index in [-0.39, 0.29) is 31.4 Å². The van der Waals surface area contributed by atoms with Crippen LogP contribution >= 0.6 is 0 Å². The van der Waals surface area contributed by atoms with Crippen LogP contribution in [0, 0.1) is 0 Å². The first-order valence-corrected chi connectivity index (χ1v) is 12.3. The van der Waals surface area contributed by atoms with Gasteiger partial charge in [-0.15, -0.1) is 0 Å². The molecule has 0 spiro atoms. The van der Waals surface area contributed by atoms with Gasteiger partial charge in [-0.25, -0.2) is 4.79 Å². The number of phenols is 1. The Morgan fingerprint density at radius 3 is 1.87 bits per heavy atom. The van der Waals surface area contributed by atoms with E-state index in [1.807, 2.05) is 0 Å². The number of nitrogens with two attached hydrogens (primary N) is 4. The summed E-state index contributed by atoms with van der Waals surface area (Å²) in [5.74, 6) is -5.53. The molecule has 15 heteroatoms. The van der Waals surface area contributed by atoms with Crippen molar-refractivity contribution in [2.75, 3.05) is 6.54 Å². The second-order valence-electron chi connectivity index (χ2n) is 8.96. The number of carboxylic acids is 1. The number of benzene rings is 1. The first-order chi connectivity index (χ1) is 18.3. The van der Waals surface area contributed by atoms with E-state index in [9.17, 15) is 39.0 Å². The third-order valence-corrected chi connectivity index (χ3v) is 5.65. The summed E-state index contributed by atoms with van der Waals surface area (Å²) in [4.78, 5) is 72.8. The zero-order valence-electron chi connectivity index (χ0n) is 21.4. The van der Waals surface area contributed by atoms with Crippen LogP contribution in [0.3, 0.4) is 0 Å². The van der Waals surface area contributed by atoms with Crippen molar-refractivity contribution in [2.24, 2.45) is 22.9 Å². The molecule has 0 radical (unpaired) electrons. The van der Waals surface area contributed by atoms with Crippen LogP contribution in [0.25, 0.3) is 0 Å². The molecule has 0 fully saturated rings. The highest BCUT2D eigenvalue weighted by Gasteiger charge is 2.31. The molecule has 13 N–H and O–H groups in total. The summed E-state index contributed by atoms with van der Waals surface area (Å²) in [7, 11) is 0. The fourth-order valence-corrected chi connectivity index (χ4v) is 3.49. The second kappa shape index (κ2) is 16.6. The van der Waals surface area contributed by atoms with E-state index in [0.717, 1.165) is 0 Å². The van der Waals surface area contributed by atoms with Crippen LogP contribution in [-0.2, 0) is 35.2 Å². The molecule has 15 nitrogen and oxygen atoms in total. The van der Waals surface area contributed by atoms with E-state index in [1.165, 1.54) is 24.3 Å². The van der Waals surface area contributed by atoms with Crippen LogP contribution in [0.1, 0.15) is 44.1 Å². The van der Waals surface area contributed by atoms with Gasteiger partial charge in [-0.1, -0.05) is 12.1 Å². The summed E-state index contributed by atoms with van der Waals surface area (Å²) >= 11 is 0. The van der Waals surface area contributed by atoms with E-state index in [1.54, 1.807) is 0 Å². The molecule has 4 atom stereocenters. The van der Waals surface area contributed by atoms with Crippen LogP contribution in [0.5, 0.6) is 5.75 Å². The maximum absolute atomic E-state index is 13.1. The topological polar surface area (TPSA) is 283 Å². The summed E-state index contributed by atoms with van der Waals surface area (Å²) in [5.41, 5.74) is 22.0. The van der Waals surface area contributed by atoms with Gasteiger partial charge in [-0.05, 0) is 49.9 Å². The van der Waals surface area contributed by atoms with Crippen molar-refractivity contribution in [1.82, 2.24) is 16.0 Å². The Morgan fingerprint density at radius 1 is 0.769 bits per heavy atom. The van der Waals surface area contributed by atoms with Crippen LogP contribution in [0.15, 0.2) is 24.3 Å². The van der Waals surface area contributed by atoms with Gasteiger partial charge in [-0.2, -0.15) is 0 Å². The lowest BCUT2D eigenvalue weighted by Gasteiger charge is -2.25. The predicted octanol–water partition coefficient (Wildman–Crippen LogP) is -2.93. The van der Waals surface area contributed by atoms with E-state index in [2.05, 4.69) is 16.0 Å². The van der Waals surface area contributed by atoms with Crippen molar-refractivity contribution >= 4 is 35.5 Å². The van der Waals surface area contributed by atoms with Crippen molar-refractivity contribution in [3.8, 4) is 5.75 Å². The van der Waals surface area contributed by atoms with Crippen molar-refractivity contribution in [3.63, 3.8) is 0 Å². The van der Waals surface area contributed by atoms with Crippen LogP contribution in [0.2, 0.25) is 0 Å². The highest BCUT2D eigenvalue weighted by molar-refractivity contribution is 5.96. The van der Waals surface area contributed by atoms with Gasteiger partial charge in [-0.3, -0.25) is 24.0 Å². The lowest BCUT2D eigenvalue weighted by Crippen LogP contribution is -2.58. The maximum Gasteiger partial charge on any atom is 0.326 e. The SMILES string of the molecule is NCCCCC(NC(=O)C(CC(N)=O)NC(=O)C(N)CCC(N)=O)C(=O)NC(Cc1ccc(O)cc1)C(=O)O. The Kier molecular flexibility index (Phi) is 13.9. The van der Waals surface area contributed by atoms with Crippen molar-refractivity contribution in [3.05, 3.63) is 29.8 Å². The number of carboxylic acid groups (broad SMARTS) is 1. The third kappa shape index (κ3) is 12.7. The number of primary amides is 2. The highest BCUT2D eigenvalue weighted by Crippen LogP contribution is 2.12. The Morgan fingerprint density at radius 2 is 1.33 bits per heavy atom. The number of unbranched alkanes of at least 4 members (excludes halogenated alkanes) is 1. The molecular weight excluding hydrogens is 514 g/mol. The zero-order valence-corrected chi connectivity index (χ0v) is 21.4. The monoisotopic (exact) mass is 551 g/mol. The van der Waals surface area contributed by atoms with Crippen LogP contribution < -0.4 is 38.9 Å². The summed E-state index contributed by atoms with van der Waals surface area (Å²) in [6, 6.07) is 0.457. The molecule has 0 bridgehead atoms. The Labute approximate surface area is 225 Å². The van der Waals surface area contributed by atoms with Gasteiger partial charge in [0, 0.05) is 12.8 Å². The molecule has 1 rings (SSSR count). The first-order valence-electron chi connectivity index (χ1n) is 12.3. The predicted molar refractivity (Wildman–Crippen MR) is 138 cm³/mol. The molecule has 216 valence electrons. The average Bonchev–Trinajstić information content (AvgIpc) is 2.86. The van der Waals surface area contributed by atoms with Crippen molar-refractivity contribution < 1.29 is 39.0 Å². The van der Waals surface area contributed by atoms with Crippen LogP contribution in [0.4, 0.5) is 0 Å². The number of carbonyl (C=O) groups is 6. The number of aliphatic carboxylic acids is 1. The normalized spacial score (nSPS) is 13.8. The van der Waals surface area contributed by atoms with Gasteiger partial charge in [0.25, 0.3) is 0 Å². The minimum absolute atomic E-state index is 0.0104. The first kappa shape index (κ1) is 32.8. The van der Waals surface area contributed by atoms with Crippen molar-refractivity contribution in [1.29, 1.82) is 0 Å². The van der Waals surface area contributed by atoms with Gasteiger partial charge >= 0.3 is 5.97 Å². The second-order valence-corrected chi connectivity index (χ2v) is 8.96. The van der Waals surface area contributed by atoms with Crippen molar-refractivity contribution in [2.45, 2.75) is 69.1 Å². The molecule has 0 heterocycles. The van der Waals surface area contributed by atoms with Gasteiger partial charge < -0.3 is 49.1 Å².